The Balaban J connectivity index is 1.89. The lowest BCUT2D eigenvalue weighted by Gasteiger charge is -2.38. The first-order chi connectivity index (χ1) is 15.5. The second-order valence-corrected chi connectivity index (χ2v) is 8.39. The number of aryl methyl sites for hydroxylation is 1. The van der Waals surface area contributed by atoms with Crippen LogP contribution < -0.4 is 11.3 Å². The first-order valence-electron chi connectivity index (χ1n) is 10.5. The molecule has 0 amide bonds. The fraction of sp³-hybridized carbons (Fsp3) is 0.200. The molecule has 32 heavy (non-hydrogen) atoms. The van der Waals surface area contributed by atoms with Gasteiger partial charge in [0, 0.05) is 18.4 Å². The lowest BCUT2D eigenvalue weighted by atomic mass is 9.64. The van der Waals surface area contributed by atoms with Gasteiger partial charge in [-0.15, -0.1) is 0 Å². The van der Waals surface area contributed by atoms with Gasteiger partial charge >= 0.3 is 0 Å². The number of para-hydroxylation sites is 1. The van der Waals surface area contributed by atoms with Gasteiger partial charge in [0.25, 0.3) is 5.56 Å². The molecule has 0 bridgehead atoms. The normalized spacial score (nSPS) is 21.3. The number of nitrogens with two attached hydrogens (primary N) is 1. The van der Waals surface area contributed by atoms with E-state index >= 15 is 0 Å². The zero-order valence-electron chi connectivity index (χ0n) is 17.3. The maximum Gasteiger partial charge on any atom is 0.266 e. The molecule has 0 saturated carbocycles. The Bertz CT molecular complexity index is 1550. The van der Waals surface area contributed by atoms with E-state index in [9.17, 15) is 14.9 Å². The number of nitrogens with zero attached hydrogens (tertiary/aromatic N) is 3. The van der Waals surface area contributed by atoms with Crippen LogP contribution in [0.1, 0.15) is 36.2 Å². The molecular formula is C25H18N4O3. The summed E-state index contributed by atoms with van der Waals surface area (Å²) in [6.45, 7) is 1.93. The van der Waals surface area contributed by atoms with E-state index in [2.05, 4.69) is 6.07 Å². The van der Waals surface area contributed by atoms with Crippen LogP contribution in [-0.2, 0) is 14.9 Å². The summed E-state index contributed by atoms with van der Waals surface area (Å²) in [7, 11) is 0. The third-order valence-corrected chi connectivity index (χ3v) is 6.61. The molecule has 2 N–H and O–H groups in total. The Labute approximate surface area is 183 Å². The van der Waals surface area contributed by atoms with Crippen LogP contribution in [0.4, 0.5) is 0 Å². The fourth-order valence-electron chi connectivity index (χ4n) is 5.33. The average Bonchev–Trinajstić information content (AvgIpc) is 3.04. The molecule has 2 aromatic carbocycles. The molecule has 0 fully saturated rings. The van der Waals surface area contributed by atoms with Gasteiger partial charge in [0.05, 0.1) is 22.2 Å². The molecule has 3 aliphatic rings. The lowest BCUT2D eigenvalue weighted by Crippen LogP contribution is -2.43. The van der Waals surface area contributed by atoms with Gasteiger partial charge in [-0.25, -0.2) is 4.98 Å². The second-order valence-electron chi connectivity index (χ2n) is 8.39. The highest BCUT2D eigenvalue weighted by molar-refractivity contribution is 6.03. The first-order valence-corrected chi connectivity index (χ1v) is 10.5. The van der Waals surface area contributed by atoms with Crippen molar-refractivity contribution in [2.24, 2.45) is 5.73 Å². The van der Waals surface area contributed by atoms with E-state index in [0.29, 0.717) is 58.6 Å². The van der Waals surface area contributed by atoms with Crippen molar-refractivity contribution < 1.29 is 9.53 Å². The maximum atomic E-state index is 13.7. The van der Waals surface area contributed by atoms with Crippen molar-refractivity contribution in [2.75, 3.05) is 0 Å². The smallest absolute Gasteiger partial charge is 0.266 e. The van der Waals surface area contributed by atoms with Crippen LogP contribution in [0.2, 0.25) is 0 Å². The van der Waals surface area contributed by atoms with E-state index in [4.69, 9.17) is 15.5 Å². The van der Waals surface area contributed by atoms with Crippen LogP contribution in [-0.4, -0.2) is 15.3 Å². The minimum Gasteiger partial charge on any atom is -0.444 e. The third kappa shape index (κ3) is 2.06. The van der Waals surface area contributed by atoms with E-state index in [0.717, 1.165) is 5.56 Å². The molecule has 0 saturated heterocycles. The lowest BCUT2D eigenvalue weighted by molar-refractivity contribution is -0.117. The summed E-state index contributed by atoms with van der Waals surface area (Å²) >= 11 is 0. The van der Waals surface area contributed by atoms with Gasteiger partial charge in [0.15, 0.2) is 5.78 Å². The van der Waals surface area contributed by atoms with E-state index < -0.39 is 5.41 Å². The number of ketones is 1. The number of rotatable bonds is 0. The quantitative estimate of drug-likeness (QED) is 0.596. The number of hydrogen-bond acceptors (Lipinski definition) is 6. The number of Topliss-reactive ketones (excluding diaryl/α,β-unsaturated/α-hetero) is 1. The zero-order valence-corrected chi connectivity index (χ0v) is 17.3. The van der Waals surface area contributed by atoms with E-state index in [1.807, 2.05) is 25.1 Å². The topological polar surface area (TPSA) is 111 Å². The van der Waals surface area contributed by atoms with Crippen molar-refractivity contribution >= 4 is 16.7 Å². The average molecular weight is 422 g/mol. The summed E-state index contributed by atoms with van der Waals surface area (Å²) in [6.07, 6.45) is 1.50. The predicted molar refractivity (Wildman–Crippen MR) is 117 cm³/mol. The Hall–Kier alpha value is -4.18. The molecule has 3 aromatic rings. The molecule has 156 valence electrons. The molecule has 7 heteroatoms. The molecule has 7 nitrogen and oxygen atoms in total. The maximum absolute atomic E-state index is 13.7. The molecule has 1 atom stereocenters. The summed E-state index contributed by atoms with van der Waals surface area (Å²) in [5, 5.41) is 10.7. The molecule has 1 unspecified atom stereocenters. The van der Waals surface area contributed by atoms with Gasteiger partial charge in [0.1, 0.15) is 28.6 Å². The van der Waals surface area contributed by atoms with Gasteiger partial charge in [-0.3, -0.25) is 14.2 Å². The van der Waals surface area contributed by atoms with E-state index in [1.54, 1.807) is 24.3 Å². The van der Waals surface area contributed by atoms with Gasteiger partial charge in [-0.1, -0.05) is 29.8 Å². The number of nitriles is 1. The van der Waals surface area contributed by atoms with E-state index in [-0.39, 0.29) is 22.8 Å². The predicted octanol–water partition coefficient (Wildman–Crippen LogP) is 3.02. The van der Waals surface area contributed by atoms with Gasteiger partial charge in [0.2, 0.25) is 5.88 Å². The van der Waals surface area contributed by atoms with Crippen LogP contribution in [0.25, 0.3) is 16.6 Å². The number of allylic oxidation sites excluding steroid dienone is 3. The molecule has 2 aliphatic heterocycles. The standard InChI is InChI=1S/C25H18N4O3/c1-13-9-10-18-15(11-13)25(24-28-17-6-3-2-5-14(17)23(31)29(18)24)16(12-26)22(27)32-20-8-4-7-19(30)21(20)25/h2-3,5-6,9-11H,4,7-8,27H2,1H3. The van der Waals surface area contributed by atoms with Crippen LogP contribution >= 0.6 is 0 Å². The summed E-state index contributed by atoms with van der Waals surface area (Å²) in [6, 6.07) is 14.9. The fourth-order valence-corrected chi connectivity index (χ4v) is 5.33. The minimum absolute atomic E-state index is 0.0516. The summed E-state index contributed by atoms with van der Waals surface area (Å²) in [5.41, 5.74) is 7.79. The number of carbonyl (C=O) groups excluding carboxylic acids is 1. The number of benzene rings is 2. The van der Waals surface area contributed by atoms with Crippen LogP contribution in [0, 0.1) is 18.3 Å². The highest BCUT2D eigenvalue weighted by Crippen LogP contribution is 2.56. The minimum atomic E-state index is -1.38. The van der Waals surface area contributed by atoms with Crippen molar-refractivity contribution in [2.45, 2.75) is 31.6 Å². The van der Waals surface area contributed by atoms with Crippen molar-refractivity contribution in [3.8, 4) is 11.8 Å². The molecule has 3 heterocycles. The molecule has 6 rings (SSSR count). The largest absolute Gasteiger partial charge is 0.444 e. The molecule has 1 spiro atoms. The Kier molecular flexibility index (Phi) is 3.58. The molecular weight excluding hydrogens is 404 g/mol. The highest BCUT2D eigenvalue weighted by Gasteiger charge is 2.58. The van der Waals surface area contributed by atoms with E-state index in [1.165, 1.54) is 4.57 Å². The molecule has 0 radical (unpaired) electrons. The van der Waals surface area contributed by atoms with Gasteiger partial charge in [-0.2, -0.15) is 5.26 Å². The number of hydrogen-bond donors (Lipinski definition) is 1. The second kappa shape index (κ2) is 6.17. The van der Waals surface area contributed by atoms with Crippen LogP contribution in [0.15, 0.2) is 70.0 Å². The van der Waals surface area contributed by atoms with Crippen LogP contribution in [0.3, 0.4) is 0 Å². The van der Waals surface area contributed by atoms with Crippen molar-refractivity contribution in [1.82, 2.24) is 9.55 Å². The summed E-state index contributed by atoms with van der Waals surface area (Å²) in [5.74, 6) is 0.604. The highest BCUT2D eigenvalue weighted by atomic mass is 16.5. The zero-order chi connectivity index (χ0) is 22.2. The molecule has 1 aliphatic carbocycles. The third-order valence-electron chi connectivity index (χ3n) is 6.61. The monoisotopic (exact) mass is 422 g/mol. The Morgan fingerprint density at radius 3 is 2.81 bits per heavy atom. The van der Waals surface area contributed by atoms with Crippen molar-refractivity contribution in [3.05, 3.63) is 92.6 Å². The Morgan fingerprint density at radius 1 is 1.19 bits per heavy atom. The summed E-state index contributed by atoms with van der Waals surface area (Å²) < 4.78 is 7.33. The van der Waals surface area contributed by atoms with Gasteiger partial charge in [-0.05, 0) is 31.5 Å². The van der Waals surface area contributed by atoms with Gasteiger partial charge < -0.3 is 10.5 Å². The SMILES string of the molecule is Cc1ccc2c(c1)C1(C(C#N)=C(N)OC3=C1C(=O)CCC3)c1nc3ccccc3c(=O)n1-2. The first kappa shape index (κ1) is 18.6. The number of fused-ring (bicyclic) bond motifs is 7. The number of ether oxygens (including phenoxy) is 1. The number of aromatic nitrogens is 2. The van der Waals surface area contributed by atoms with Crippen LogP contribution in [0.5, 0.6) is 0 Å². The summed E-state index contributed by atoms with van der Waals surface area (Å²) in [4.78, 5) is 31.9. The van der Waals surface area contributed by atoms with Crippen molar-refractivity contribution in [1.29, 1.82) is 5.26 Å². The Morgan fingerprint density at radius 2 is 2.00 bits per heavy atom. The van der Waals surface area contributed by atoms with Crippen molar-refractivity contribution in [3.63, 3.8) is 0 Å². The number of carbonyl (C=O) groups is 1. The molecule has 1 aromatic heterocycles.